The van der Waals surface area contributed by atoms with Crippen molar-refractivity contribution >= 4 is 0 Å². The molecular weight excluding hydrogens is 190 g/mol. The van der Waals surface area contributed by atoms with Gasteiger partial charge in [0.05, 0.1) is 0 Å². The van der Waals surface area contributed by atoms with Crippen LogP contribution in [0.2, 0.25) is 0 Å². The summed E-state index contributed by atoms with van der Waals surface area (Å²) in [4.78, 5) is 4.04. The Balaban J connectivity index is 1.96. The lowest BCUT2D eigenvalue weighted by Gasteiger charge is -2.04. The number of benzene rings is 1. The normalized spacial score (nSPS) is 9.87. The van der Waals surface area contributed by atoms with E-state index in [1.807, 2.05) is 24.3 Å². The number of phenolic OH excluding ortho intramolecular Hbond substituents is 1. The van der Waals surface area contributed by atoms with Crippen LogP contribution in [0.15, 0.2) is 48.7 Å². The zero-order valence-electron chi connectivity index (χ0n) is 8.13. The molecule has 0 atom stereocenters. The Morgan fingerprint density at radius 1 is 1.07 bits per heavy atom. The van der Waals surface area contributed by atoms with Crippen molar-refractivity contribution in [1.82, 2.24) is 4.98 Å². The standard InChI is InChI=1S/C12H11NO2/c14-11-6-4-10(5-7-11)9-15-12-3-1-2-8-13-12/h1-8,14H,9H2. The maximum absolute atomic E-state index is 9.09. The third-order valence-corrected chi connectivity index (χ3v) is 1.96. The van der Waals surface area contributed by atoms with Crippen LogP contribution in [0.4, 0.5) is 0 Å². The van der Waals surface area contributed by atoms with Crippen molar-refractivity contribution in [2.24, 2.45) is 0 Å². The lowest BCUT2D eigenvalue weighted by Crippen LogP contribution is -1.96. The van der Waals surface area contributed by atoms with Gasteiger partial charge in [0.15, 0.2) is 0 Å². The van der Waals surface area contributed by atoms with Crippen LogP contribution in [0.1, 0.15) is 5.56 Å². The molecule has 0 bridgehead atoms. The minimum absolute atomic E-state index is 0.261. The molecule has 0 saturated heterocycles. The molecule has 0 aliphatic carbocycles. The number of pyridine rings is 1. The average Bonchev–Trinajstić information content (AvgIpc) is 2.30. The molecule has 0 aliphatic heterocycles. The van der Waals surface area contributed by atoms with Crippen molar-refractivity contribution in [3.05, 3.63) is 54.2 Å². The summed E-state index contributed by atoms with van der Waals surface area (Å²) >= 11 is 0. The Morgan fingerprint density at radius 2 is 1.87 bits per heavy atom. The summed E-state index contributed by atoms with van der Waals surface area (Å²) in [5, 5.41) is 9.09. The molecular formula is C12H11NO2. The van der Waals surface area contributed by atoms with Gasteiger partial charge in [0.1, 0.15) is 12.4 Å². The molecule has 2 aromatic rings. The van der Waals surface area contributed by atoms with Crippen LogP contribution < -0.4 is 4.74 Å². The lowest BCUT2D eigenvalue weighted by atomic mass is 10.2. The quantitative estimate of drug-likeness (QED) is 0.828. The molecule has 0 aliphatic rings. The first kappa shape index (κ1) is 9.52. The van der Waals surface area contributed by atoms with Gasteiger partial charge in [0.25, 0.3) is 0 Å². The SMILES string of the molecule is Oc1ccc(COc2ccccn2)cc1. The van der Waals surface area contributed by atoms with Crippen molar-refractivity contribution in [2.75, 3.05) is 0 Å². The van der Waals surface area contributed by atoms with E-state index in [1.165, 1.54) is 0 Å². The van der Waals surface area contributed by atoms with Gasteiger partial charge in [-0.05, 0) is 23.8 Å². The summed E-state index contributed by atoms with van der Waals surface area (Å²) in [7, 11) is 0. The van der Waals surface area contributed by atoms with Gasteiger partial charge in [0.2, 0.25) is 5.88 Å². The number of ether oxygens (including phenoxy) is 1. The number of nitrogens with zero attached hydrogens (tertiary/aromatic N) is 1. The fourth-order valence-corrected chi connectivity index (χ4v) is 1.18. The van der Waals surface area contributed by atoms with Crippen LogP contribution in [-0.4, -0.2) is 10.1 Å². The topological polar surface area (TPSA) is 42.4 Å². The van der Waals surface area contributed by atoms with Crippen LogP contribution in [0.3, 0.4) is 0 Å². The largest absolute Gasteiger partial charge is 0.508 e. The minimum atomic E-state index is 0.261. The smallest absolute Gasteiger partial charge is 0.213 e. The van der Waals surface area contributed by atoms with Gasteiger partial charge in [-0.25, -0.2) is 4.98 Å². The molecule has 0 unspecified atom stereocenters. The highest BCUT2D eigenvalue weighted by molar-refractivity contribution is 5.25. The van der Waals surface area contributed by atoms with Crippen LogP contribution in [0, 0.1) is 0 Å². The fourth-order valence-electron chi connectivity index (χ4n) is 1.18. The average molecular weight is 201 g/mol. The minimum Gasteiger partial charge on any atom is -0.508 e. The van der Waals surface area contributed by atoms with Gasteiger partial charge in [-0.1, -0.05) is 18.2 Å². The highest BCUT2D eigenvalue weighted by Crippen LogP contribution is 2.12. The second kappa shape index (κ2) is 4.46. The highest BCUT2D eigenvalue weighted by atomic mass is 16.5. The molecule has 76 valence electrons. The Morgan fingerprint density at radius 3 is 2.53 bits per heavy atom. The number of hydrogen-bond acceptors (Lipinski definition) is 3. The summed E-state index contributed by atoms with van der Waals surface area (Å²) in [6.45, 7) is 0.456. The van der Waals surface area contributed by atoms with E-state index in [9.17, 15) is 0 Å². The Kier molecular flexibility index (Phi) is 2.83. The van der Waals surface area contributed by atoms with E-state index >= 15 is 0 Å². The van der Waals surface area contributed by atoms with Crippen LogP contribution in [0.25, 0.3) is 0 Å². The van der Waals surface area contributed by atoms with Crippen molar-refractivity contribution in [2.45, 2.75) is 6.61 Å². The van der Waals surface area contributed by atoms with Gasteiger partial charge < -0.3 is 9.84 Å². The molecule has 3 nitrogen and oxygen atoms in total. The first-order valence-electron chi connectivity index (χ1n) is 4.66. The number of rotatable bonds is 3. The summed E-state index contributed by atoms with van der Waals surface area (Å²) in [6, 6.07) is 12.4. The van der Waals surface area contributed by atoms with Crippen molar-refractivity contribution in [3.8, 4) is 11.6 Å². The van der Waals surface area contributed by atoms with Gasteiger partial charge in [0, 0.05) is 12.3 Å². The van der Waals surface area contributed by atoms with Crippen molar-refractivity contribution < 1.29 is 9.84 Å². The first-order valence-corrected chi connectivity index (χ1v) is 4.66. The summed E-state index contributed by atoms with van der Waals surface area (Å²) in [5.41, 5.74) is 0.999. The van der Waals surface area contributed by atoms with E-state index in [-0.39, 0.29) is 5.75 Å². The summed E-state index contributed by atoms with van der Waals surface area (Å²) in [5.74, 6) is 0.863. The van der Waals surface area contributed by atoms with Gasteiger partial charge in [-0.15, -0.1) is 0 Å². The second-order valence-electron chi connectivity index (χ2n) is 3.12. The molecule has 1 aromatic heterocycles. The van der Waals surface area contributed by atoms with Crippen molar-refractivity contribution in [1.29, 1.82) is 0 Å². The fraction of sp³-hybridized carbons (Fsp3) is 0.0833. The molecule has 1 heterocycles. The first-order chi connectivity index (χ1) is 7.34. The van der Waals surface area contributed by atoms with E-state index in [1.54, 1.807) is 24.4 Å². The molecule has 1 N–H and O–H groups in total. The van der Waals surface area contributed by atoms with Gasteiger partial charge >= 0.3 is 0 Å². The second-order valence-corrected chi connectivity index (χ2v) is 3.12. The third kappa shape index (κ3) is 2.71. The predicted octanol–water partition coefficient (Wildman–Crippen LogP) is 2.37. The number of hydrogen-bond donors (Lipinski definition) is 1. The zero-order valence-corrected chi connectivity index (χ0v) is 8.13. The third-order valence-electron chi connectivity index (χ3n) is 1.96. The number of phenols is 1. The molecule has 3 heteroatoms. The van der Waals surface area contributed by atoms with Crippen LogP contribution in [0.5, 0.6) is 11.6 Å². The molecule has 0 radical (unpaired) electrons. The molecule has 15 heavy (non-hydrogen) atoms. The predicted molar refractivity (Wildman–Crippen MR) is 56.7 cm³/mol. The highest BCUT2D eigenvalue weighted by Gasteiger charge is 1.95. The van der Waals surface area contributed by atoms with E-state index < -0.39 is 0 Å². The Bertz CT molecular complexity index is 411. The monoisotopic (exact) mass is 201 g/mol. The lowest BCUT2D eigenvalue weighted by molar-refractivity contribution is 0.294. The molecule has 0 fully saturated rings. The van der Waals surface area contributed by atoms with E-state index in [2.05, 4.69) is 4.98 Å². The van der Waals surface area contributed by atoms with Crippen molar-refractivity contribution in [3.63, 3.8) is 0 Å². The zero-order chi connectivity index (χ0) is 10.5. The number of aromatic hydroxyl groups is 1. The van der Waals surface area contributed by atoms with E-state index in [0.29, 0.717) is 12.5 Å². The van der Waals surface area contributed by atoms with Crippen LogP contribution >= 0.6 is 0 Å². The molecule has 0 saturated carbocycles. The molecule has 1 aromatic carbocycles. The molecule has 0 amide bonds. The number of aromatic nitrogens is 1. The summed E-state index contributed by atoms with van der Waals surface area (Å²) in [6.07, 6.45) is 1.69. The van der Waals surface area contributed by atoms with E-state index in [4.69, 9.17) is 9.84 Å². The molecule has 0 spiro atoms. The Labute approximate surface area is 88.0 Å². The summed E-state index contributed by atoms with van der Waals surface area (Å²) < 4.78 is 5.44. The maximum atomic E-state index is 9.09. The maximum Gasteiger partial charge on any atom is 0.213 e. The molecule has 2 rings (SSSR count). The van der Waals surface area contributed by atoms with Crippen LogP contribution in [-0.2, 0) is 6.61 Å². The van der Waals surface area contributed by atoms with E-state index in [0.717, 1.165) is 5.56 Å². The van der Waals surface area contributed by atoms with Gasteiger partial charge in [-0.3, -0.25) is 0 Å². The Hall–Kier alpha value is -2.03. The van der Waals surface area contributed by atoms with Gasteiger partial charge in [-0.2, -0.15) is 0 Å².